The quantitative estimate of drug-likeness (QED) is 0.724. The van der Waals surface area contributed by atoms with E-state index in [9.17, 15) is 9.59 Å². The van der Waals surface area contributed by atoms with Crippen molar-refractivity contribution in [3.63, 3.8) is 0 Å². The fourth-order valence-corrected chi connectivity index (χ4v) is 4.36. The molecule has 132 valence electrons. The molecule has 0 aromatic carbocycles. The molecular formula is C19H17N3O3S. The van der Waals surface area contributed by atoms with Gasteiger partial charge in [-0.15, -0.1) is 11.3 Å². The first-order chi connectivity index (χ1) is 12.7. The molecule has 0 aliphatic heterocycles. The number of hydrogen-bond acceptors (Lipinski definition) is 5. The van der Waals surface area contributed by atoms with Crippen LogP contribution < -0.4 is 10.6 Å². The van der Waals surface area contributed by atoms with Crippen LogP contribution in [0.2, 0.25) is 0 Å². The third kappa shape index (κ3) is 3.25. The Morgan fingerprint density at radius 3 is 2.77 bits per heavy atom. The minimum Gasteiger partial charge on any atom is -0.467 e. The number of pyridine rings is 1. The minimum atomic E-state index is -0.243. The van der Waals surface area contributed by atoms with Gasteiger partial charge in [-0.1, -0.05) is 0 Å². The van der Waals surface area contributed by atoms with Crippen molar-refractivity contribution in [2.45, 2.75) is 25.8 Å². The van der Waals surface area contributed by atoms with Gasteiger partial charge in [0.05, 0.1) is 18.4 Å². The normalized spacial score (nSPS) is 12.6. The molecule has 4 rings (SSSR count). The zero-order valence-corrected chi connectivity index (χ0v) is 14.8. The highest BCUT2D eigenvalue weighted by molar-refractivity contribution is 7.17. The van der Waals surface area contributed by atoms with Gasteiger partial charge in [0.15, 0.2) is 0 Å². The van der Waals surface area contributed by atoms with Crippen LogP contribution in [0.5, 0.6) is 0 Å². The third-order valence-electron chi connectivity index (χ3n) is 4.32. The van der Waals surface area contributed by atoms with Crippen molar-refractivity contribution in [1.82, 2.24) is 10.3 Å². The number of hydrogen-bond donors (Lipinski definition) is 2. The summed E-state index contributed by atoms with van der Waals surface area (Å²) in [6, 6.07) is 6.88. The van der Waals surface area contributed by atoms with E-state index in [1.807, 2.05) is 6.07 Å². The second kappa shape index (κ2) is 7.13. The molecule has 0 unspecified atom stereocenters. The summed E-state index contributed by atoms with van der Waals surface area (Å²) in [5.41, 5.74) is 2.14. The summed E-state index contributed by atoms with van der Waals surface area (Å²) in [5.74, 6) is 0.255. The van der Waals surface area contributed by atoms with Gasteiger partial charge in [0, 0.05) is 22.8 Å². The molecule has 6 nitrogen and oxygen atoms in total. The summed E-state index contributed by atoms with van der Waals surface area (Å²) >= 11 is 1.49. The first-order valence-corrected chi connectivity index (χ1v) is 9.20. The minimum absolute atomic E-state index is 0.189. The third-order valence-corrected chi connectivity index (χ3v) is 5.53. The van der Waals surface area contributed by atoms with Crippen LogP contribution in [0.3, 0.4) is 0 Å². The molecule has 2 N–H and O–H groups in total. The number of thiophene rings is 1. The van der Waals surface area contributed by atoms with E-state index in [4.69, 9.17) is 4.42 Å². The van der Waals surface area contributed by atoms with Crippen LogP contribution in [0.4, 0.5) is 5.00 Å². The van der Waals surface area contributed by atoms with Crippen LogP contribution in [-0.2, 0) is 19.4 Å². The number of furan rings is 1. The molecule has 3 heterocycles. The summed E-state index contributed by atoms with van der Waals surface area (Å²) < 4.78 is 5.26. The van der Waals surface area contributed by atoms with Gasteiger partial charge in [-0.3, -0.25) is 14.6 Å². The van der Waals surface area contributed by atoms with Crippen molar-refractivity contribution in [1.29, 1.82) is 0 Å². The highest BCUT2D eigenvalue weighted by Gasteiger charge is 2.27. The topological polar surface area (TPSA) is 84.2 Å². The Balaban J connectivity index is 1.57. The van der Waals surface area contributed by atoms with Crippen molar-refractivity contribution in [3.05, 3.63) is 70.3 Å². The lowest BCUT2D eigenvalue weighted by molar-refractivity contribution is 0.0948. The first kappa shape index (κ1) is 16.5. The van der Waals surface area contributed by atoms with E-state index < -0.39 is 0 Å². The molecule has 0 spiro atoms. The Morgan fingerprint density at radius 2 is 2.00 bits per heavy atom. The smallest absolute Gasteiger partial charge is 0.256 e. The van der Waals surface area contributed by atoms with Gasteiger partial charge in [0.25, 0.3) is 11.8 Å². The van der Waals surface area contributed by atoms with Crippen LogP contribution in [0.1, 0.15) is 43.3 Å². The number of aryl methyl sites for hydroxylation is 1. The second-order valence-corrected chi connectivity index (χ2v) is 7.12. The van der Waals surface area contributed by atoms with Gasteiger partial charge >= 0.3 is 0 Å². The maximum Gasteiger partial charge on any atom is 0.256 e. The molecule has 0 fully saturated rings. The van der Waals surface area contributed by atoms with E-state index in [2.05, 4.69) is 15.6 Å². The molecule has 26 heavy (non-hydrogen) atoms. The lowest BCUT2D eigenvalue weighted by Crippen LogP contribution is -2.24. The Labute approximate surface area is 154 Å². The molecule has 0 saturated heterocycles. The molecule has 3 aromatic heterocycles. The van der Waals surface area contributed by atoms with E-state index in [0.29, 0.717) is 28.4 Å². The number of rotatable bonds is 5. The standard InChI is InChI=1S/C19H17N3O3S/c23-17(12-6-8-20-9-7-12)22-19-16(14-4-1-5-15(14)26-19)18(24)21-11-13-3-2-10-25-13/h2-3,6-10H,1,4-5,11H2,(H,21,24)(H,22,23). The number of carbonyl (C=O) groups excluding carboxylic acids is 2. The molecular weight excluding hydrogens is 350 g/mol. The van der Waals surface area contributed by atoms with Gasteiger partial charge in [0.2, 0.25) is 0 Å². The van der Waals surface area contributed by atoms with E-state index in [0.717, 1.165) is 24.8 Å². The van der Waals surface area contributed by atoms with Gasteiger partial charge in [-0.05, 0) is 49.1 Å². The summed E-state index contributed by atoms with van der Waals surface area (Å²) in [7, 11) is 0. The Kier molecular flexibility index (Phi) is 4.53. The number of anilines is 1. The molecule has 0 bridgehead atoms. The zero-order chi connectivity index (χ0) is 17.9. The van der Waals surface area contributed by atoms with Crippen molar-refractivity contribution >= 4 is 28.2 Å². The number of amides is 2. The average molecular weight is 367 g/mol. The monoisotopic (exact) mass is 367 g/mol. The maximum absolute atomic E-state index is 12.8. The van der Waals surface area contributed by atoms with Crippen LogP contribution in [-0.4, -0.2) is 16.8 Å². The largest absolute Gasteiger partial charge is 0.467 e. The van der Waals surface area contributed by atoms with Crippen molar-refractivity contribution in [2.75, 3.05) is 5.32 Å². The molecule has 0 radical (unpaired) electrons. The number of nitrogens with one attached hydrogen (secondary N) is 2. The Hall–Kier alpha value is -2.93. The molecule has 1 aliphatic rings. The number of fused-ring (bicyclic) bond motifs is 1. The fraction of sp³-hybridized carbons (Fsp3) is 0.211. The number of aromatic nitrogens is 1. The van der Waals surface area contributed by atoms with Gasteiger partial charge < -0.3 is 15.1 Å². The predicted octanol–water partition coefficient (Wildman–Crippen LogP) is 3.41. The predicted molar refractivity (Wildman–Crippen MR) is 98.4 cm³/mol. The molecule has 3 aromatic rings. The van der Waals surface area contributed by atoms with E-state index in [1.54, 1.807) is 36.9 Å². The lowest BCUT2D eigenvalue weighted by Gasteiger charge is -2.09. The SMILES string of the molecule is O=C(Nc1sc2c(c1C(=O)NCc1ccco1)CCC2)c1ccncc1. The summed E-state index contributed by atoms with van der Waals surface area (Å²) in [6.07, 6.45) is 7.56. The molecule has 0 saturated carbocycles. The number of carbonyl (C=O) groups is 2. The van der Waals surface area contributed by atoms with E-state index >= 15 is 0 Å². The summed E-state index contributed by atoms with van der Waals surface area (Å²) in [5, 5.41) is 6.39. The molecule has 2 amide bonds. The van der Waals surface area contributed by atoms with E-state index in [1.165, 1.54) is 16.2 Å². The summed E-state index contributed by atoms with van der Waals surface area (Å²) in [4.78, 5) is 30.4. The highest BCUT2D eigenvalue weighted by Crippen LogP contribution is 2.39. The van der Waals surface area contributed by atoms with Crippen molar-refractivity contribution < 1.29 is 14.0 Å². The van der Waals surface area contributed by atoms with Crippen LogP contribution in [0.15, 0.2) is 47.3 Å². The van der Waals surface area contributed by atoms with Gasteiger partial charge in [0.1, 0.15) is 10.8 Å². The van der Waals surface area contributed by atoms with Crippen LogP contribution in [0.25, 0.3) is 0 Å². The van der Waals surface area contributed by atoms with Crippen molar-refractivity contribution in [3.8, 4) is 0 Å². The van der Waals surface area contributed by atoms with Gasteiger partial charge in [-0.2, -0.15) is 0 Å². The van der Waals surface area contributed by atoms with Crippen LogP contribution >= 0.6 is 11.3 Å². The lowest BCUT2D eigenvalue weighted by atomic mass is 10.1. The zero-order valence-electron chi connectivity index (χ0n) is 14.0. The average Bonchev–Trinajstić information content (AvgIpc) is 3.38. The molecule has 7 heteroatoms. The molecule has 0 atom stereocenters. The maximum atomic E-state index is 12.8. The van der Waals surface area contributed by atoms with Crippen molar-refractivity contribution in [2.24, 2.45) is 0 Å². The fourth-order valence-electron chi connectivity index (χ4n) is 3.08. The highest BCUT2D eigenvalue weighted by atomic mass is 32.1. The van der Waals surface area contributed by atoms with Gasteiger partial charge in [-0.25, -0.2) is 0 Å². The first-order valence-electron chi connectivity index (χ1n) is 8.39. The second-order valence-electron chi connectivity index (χ2n) is 6.01. The number of nitrogens with zero attached hydrogens (tertiary/aromatic N) is 1. The van der Waals surface area contributed by atoms with E-state index in [-0.39, 0.29) is 11.8 Å². The molecule has 1 aliphatic carbocycles. The Bertz CT molecular complexity index is 933. The Morgan fingerprint density at radius 1 is 1.15 bits per heavy atom. The van der Waals surface area contributed by atoms with Crippen LogP contribution in [0, 0.1) is 0 Å². The summed E-state index contributed by atoms with van der Waals surface area (Å²) in [6.45, 7) is 0.314.